The number of morpholine rings is 1. The molecule has 0 N–H and O–H groups in total. The Morgan fingerprint density at radius 2 is 2.00 bits per heavy atom. The molecule has 1 saturated heterocycles. The van der Waals surface area contributed by atoms with Gasteiger partial charge in [0.05, 0.1) is 12.2 Å². The smallest absolute Gasteiger partial charge is 0.226 e. The van der Waals surface area contributed by atoms with Gasteiger partial charge >= 0.3 is 0 Å². The first-order valence-corrected chi connectivity index (χ1v) is 7.71. The van der Waals surface area contributed by atoms with Gasteiger partial charge in [-0.3, -0.25) is 4.79 Å². The molecule has 2 heterocycles. The summed E-state index contributed by atoms with van der Waals surface area (Å²) in [5, 5.41) is 3.93. The number of aromatic nitrogens is 2. The summed E-state index contributed by atoms with van der Waals surface area (Å²) < 4.78 is 10.8. The van der Waals surface area contributed by atoms with Crippen LogP contribution in [0.5, 0.6) is 0 Å². The van der Waals surface area contributed by atoms with Crippen molar-refractivity contribution in [3.8, 4) is 0 Å². The van der Waals surface area contributed by atoms with E-state index in [0.717, 1.165) is 12.2 Å². The number of nitrogens with zero attached hydrogens (tertiary/aromatic N) is 3. The molecular formula is C15H25N3O3. The van der Waals surface area contributed by atoms with E-state index in [4.69, 9.17) is 9.26 Å². The Kier molecular flexibility index (Phi) is 5.33. The number of carbonyl (C=O) groups is 1. The van der Waals surface area contributed by atoms with Crippen LogP contribution < -0.4 is 0 Å². The Morgan fingerprint density at radius 3 is 2.57 bits per heavy atom. The van der Waals surface area contributed by atoms with Gasteiger partial charge in [0.25, 0.3) is 0 Å². The minimum Gasteiger partial charge on any atom is -0.372 e. The predicted molar refractivity (Wildman–Crippen MR) is 77.9 cm³/mol. The molecule has 0 spiro atoms. The monoisotopic (exact) mass is 295 g/mol. The van der Waals surface area contributed by atoms with Crippen LogP contribution in [0.2, 0.25) is 0 Å². The molecule has 0 radical (unpaired) electrons. The third kappa shape index (κ3) is 4.52. The van der Waals surface area contributed by atoms with E-state index in [1.165, 1.54) is 0 Å². The van der Waals surface area contributed by atoms with Crippen molar-refractivity contribution in [3.05, 3.63) is 11.7 Å². The highest BCUT2D eigenvalue weighted by Crippen LogP contribution is 2.14. The Bertz CT molecular complexity index is 462. The lowest BCUT2D eigenvalue weighted by Gasteiger charge is -2.35. The first-order valence-electron chi connectivity index (χ1n) is 7.71. The van der Waals surface area contributed by atoms with Gasteiger partial charge in [-0.2, -0.15) is 4.98 Å². The molecule has 1 aromatic heterocycles. The number of hydrogen-bond donors (Lipinski definition) is 0. The molecule has 6 nitrogen and oxygen atoms in total. The fourth-order valence-electron chi connectivity index (χ4n) is 2.53. The van der Waals surface area contributed by atoms with Crippen LogP contribution in [0.3, 0.4) is 0 Å². The van der Waals surface area contributed by atoms with Crippen molar-refractivity contribution in [1.82, 2.24) is 15.0 Å². The molecular weight excluding hydrogens is 270 g/mol. The van der Waals surface area contributed by atoms with Crippen molar-refractivity contribution >= 4 is 5.91 Å². The highest BCUT2D eigenvalue weighted by molar-refractivity contribution is 5.76. The van der Waals surface area contributed by atoms with E-state index in [9.17, 15) is 4.79 Å². The average Bonchev–Trinajstić information content (AvgIpc) is 2.86. The van der Waals surface area contributed by atoms with Crippen molar-refractivity contribution in [2.75, 3.05) is 13.1 Å². The van der Waals surface area contributed by atoms with E-state index in [2.05, 4.69) is 10.1 Å². The maximum absolute atomic E-state index is 12.2. The zero-order valence-corrected chi connectivity index (χ0v) is 13.3. The van der Waals surface area contributed by atoms with Crippen molar-refractivity contribution in [2.45, 2.75) is 65.1 Å². The van der Waals surface area contributed by atoms with Gasteiger partial charge in [-0.25, -0.2) is 0 Å². The van der Waals surface area contributed by atoms with Gasteiger partial charge in [-0.1, -0.05) is 19.0 Å². The summed E-state index contributed by atoms with van der Waals surface area (Å²) in [5.41, 5.74) is 0. The van der Waals surface area contributed by atoms with Crippen LogP contribution in [0.25, 0.3) is 0 Å². The molecule has 0 bridgehead atoms. The number of rotatable bonds is 5. The number of amides is 1. The van der Waals surface area contributed by atoms with Crippen LogP contribution in [-0.2, 0) is 16.0 Å². The van der Waals surface area contributed by atoms with E-state index >= 15 is 0 Å². The lowest BCUT2D eigenvalue weighted by Crippen LogP contribution is -2.48. The normalized spacial score (nSPS) is 22.8. The zero-order chi connectivity index (χ0) is 15.4. The van der Waals surface area contributed by atoms with Gasteiger partial charge in [0, 0.05) is 31.8 Å². The lowest BCUT2D eigenvalue weighted by molar-refractivity contribution is -0.143. The summed E-state index contributed by atoms with van der Waals surface area (Å²) in [7, 11) is 0. The molecule has 118 valence electrons. The minimum absolute atomic E-state index is 0.113. The molecule has 2 atom stereocenters. The highest BCUT2D eigenvalue weighted by atomic mass is 16.5. The molecule has 1 aliphatic heterocycles. The van der Waals surface area contributed by atoms with Crippen molar-refractivity contribution < 1.29 is 14.1 Å². The standard InChI is InChI=1S/C15H25N3O3/c1-10(2)15-16-13(21-17-15)6-5-7-14(19)18-8-11(3)20-12(4)9-18/h10-12H,5-9H2,1-4H3. The van der Waals surface area contributed by atoms with E-state index in [1.807, 2.05) is 32.6 Å². The fraction of sp³-hybridized carbons (Fsp3) is 0.800. The van der Waals surface area contributed by atoms with Gasteiger partial charge in [0.2, 0.25) is 11.8 Å². The highest BCUT2D eigenvalue weighted by Gasteiger charge is 2.25. The summed E-state index contributed by atoms with van der Waals surface area (Å²) in [6.45, 7) is 9.42. The molecule has 1 fully saturated rings. The maximum Gasteiger partial charge on any atom is 0.226 e. The van der Waals surface area contributed by atoms with Crippen LogP contribution >= 0.6 is 0 Å². The van der Waals surface area contributed by atoms with Crippen molar-refractivity contribution in [2.24, 2.45) is 0 Å². The molecule has 1 amide bonds. The molecule has 6 heteroatoms. The molecule has 1 aliphatic rings. The molecule has 0 aliphatic carbocycles. The van der Waals surface area contributed by atoms with Gasteiger partial charge in [-0.15, -0.1) is 0 Å². The maximum atomic E-state index is 12.2. The van der Waals surface area contributed by atoms with E-state index in [0.29, 0.717) is 31.8 Å². The first kappa shape index (κ1) is 15.9. The Balaban J connectivity index is 1.76. The molecule has 2 unspecified atom stereocenters. The van der Waals surface area contributed by atoms with E-state index in [1.54, 1.807) is 0 Å². The molecule has 0 saturated carbocycles. The van der Waals surface area contributed by atoms with Crippen LogP contribution in [-0.4, -0.2) is 46.2 Å². The second kappa shape index (κ2) is 7.02. The van der Waals surface area contributed by atoms with E-state index < -0.39 is 0 Å². The average molecular weight is 295 g/mol. The minimum atomic E-state index is 0.113. The summed E-state index contributed by atoms with van der Waals surface area (Å²) in [6.07, 6.45) is 2.13. The van der Waals surface area contributed by atoms with E-state index in [-0.39, 0.29) is 24.0 Å². The quantitative estimate of drug-likeness (QED) is 0.832. The Labute approximate surface area is 125 Å². The van der Waals surface area contributed by atoms with Gasteiger partial charge in [0.15, 0.2) is 5.82 Å². The van der Waals surface area contributed by atoms with Gasteiger partial charge < -0.3 is 14.2 Å². The van der Waals surface area contributed by atoms with Crippen LogP contribution in [0, 0.1) is 0 Å². The third-order valence-electron chi connectivity index (χ3n) is 3.55. The number of hydrogen-bond acceptors (Lipinski definition) is 5. The third-order valence-corrected chi connectivity index (χ3v) is 3.55. The SMILES string of the molecule is CC1CN(C(=O)CCCc2nc(C(C)C)no2)CC(C)O1. The van der Waals surface area contributed by atoms with Gasteiger partial charge in [0.1, 0.15) is 0 Å². The van der Waals surface area contributed by atoms with Crippen molar-refractivity contribution in [1.29, 1.82) is 0 Å². The second-order valence-electron chi connectivity index (χ2n) is 6.11. The molecule has 1 aromatic rings. The number of carbonyl (C=O) groups excluding carboxylic acids is 1. The number of ether oxygens (including phenoxy) is 1. The summed E-state index contributed by atoms with van der Waals surface area (Å²) in [5.74, 6) is 1.79. The van der Waals surface area contributed by atoms with Crippen LogP contribution in [0.1, 0.15) is 58.2 Å². The second-order valence-corrected chi connectivity index (χ2v) is 6.11. The summed E-state index contributed by atoms with van der Waals surface area (Å²) in [4.78, 5) is 18.4. The predicted octanol–water partition coefficient (Wildman–Crippen LogP) is 2.15. The van der Waals surface area contributed by atoms with Crippen LogP contribution in [0.15, 0.2) is 4.52 Å². The topological polar surface area (TPSA) is 68.5 Å². The van der Waals surface area contributed by atoms with Crippen LogP contribution in [0.4, 0.5) is 0 Å². The van der Waals surface area contributed by atoms with Crippen molar-refractivity contribution in [3.63, 3.8) is 0 Å². The lowest BCUT2D eigenvalue weighted by atomic mass is 10.1. The molecule has 0 aromatic carbocycles. The number of aryl methyl sites for hydroxylation is 1. The Morgan fingerprint density at radius 1 is 1.33 bits per heavy atom. The summed E-state index contributed by atoms with van der Waals surface area (Å²) in [6, 6.07) is 0. The molecule has 2 rings (SSSR count). The Hall–Kier alpha value is -1.43. The largest absolute Gasteiger partial charge is 0.372 e. The molecule has 21 heavy (non-hydrogen) atoms. The van der Waals surface area contributed by atoms with Gasteiger partial charge in [-0.05, 0) is 20.3 Å². The zero-order valence-electron chi connectivity index (χ0n) is 13.3. The first-order chi connectivity index (χ1) is 9.95. The fourth-order valence-corrected chi connectivity index (χ4v) is 2.53. The summed E-state index contributed by atoms with van der Waals surface area (Å²) >= 11 is 0.